The van der Waals surface area contributed by atoms with Crippen molar-refractivity contribution >= 4 is 0 Å². The normalized spacial score (nSPS) is 12.8. The fourth-order valence-electron chi connectivity index (χ4n) is 1.79. The van der Waals surface area contributed by atoms with Crippen LogP contribution in [0.5, 0.6) is 0 Å². The van der Waals surface area contributed by atoms with Crippen LogP contribution in [0.2, 0.25) is 0 Å². The Morgan fingerprint density at radius 3 is 2.33 bits per heavy atom. The van der Waals surface area contributed by atoms with Crippen molar-refractivity contribution in [1.82, 2.24) is 9.78 Å². The quantitative estimate of drug-likeness (QED) is 0.838. The SMILES string of the molecule is Cc1c(C(C)N)cnn1-c1cc(F)c(F)cc1F. The summed E-state index contributed by atoms with van der Waals surface area (Å²) in [4.78, 5) is 0. The maximum absolute atomic E-state index is 13.6. The van der Waals surface area contributed by atoms with Crippen LogP contribution < -0.4 is 5.73 Å². The van der Waals surface area contributed by atoms with Gasteiger partial charge in [-0.05, 0) is 13.8 Å². The van der Waals surface area contributed by atoms with Gasteiger partial charge in [0.05, 0.1) is 6.20 Å². The van der Waals surface area contributed by atoms with Crippen LogP contribution in [0, 0.1) is 24.4 Å². The van der Waals surface area contributed by atoms with Gasteiger partial charge in [0.2, 0.25) is 0 Å². The maximum Gasteiger partial charge on any atom is 0.161 e. The largest absolute Gasteiger partial charge is 0.324 e. The maximum atomic E-state index is 13.6. The molecule has 1 aromatic heterocycles. The lowest BCUT2D eigenvalue weighted by Gasteiger charge is -2.08. The number of hydrogen-bond acceptors (Lipinski definition) is 2. The number of benzene rings is 1. The van der Waals surface area contributed by atoms with Crippen molar-refractivity contribution in [3.05, 3.63) is 47.0 Å². The molecule has 0 saturated heterocycles. The van der Waals surface area contributed by atoms with E-state index < -0.39 is 17.5 Å². The molecule has 1 heterocycles. The molecule has 1 aromatic carbocycles. The molecule has 0 aliphatic heterocycles. The highest BCUT2D eigenvalue weighted by Gasteiger charge is 2.16. The van der Waals surface area contributed by atoms with Gasteiger partial charge in [-0.2, -0.15) is 5.10 Å². The van der Waals surface area contributed by atoms with Crippen molar-refractivity contribution in [2.45, 2.75) is 19.9 Å². The minimum absolute atomic E-state index is 0.140. The summed E-state index contributed by atoms with van der Waals surface area (Å²) in [6.45, 7) is 3.45. The Hall–Kier alpha value is -1.82. The van der Waals surface area contributed by atoms with Gasteiger partial charge in [0.25, 0.3) is 0 Å². The van der Waals surface area contributed by atoms with Crippen LogP contribution in [0.4, 0.5) is 13.2 Å². The molecule has 2 rings (SSSR count). The molecule has 96 valence electrons. The second-order valence-electron chi connectivity index (χ2n) is 4.10. The third kappa shape index (κ3) is 1.99. The van der Waals surface area contributed by atoms with Gasteiger partial charge in [-0.25, -0.2) is 17.9 Å². The Morgan fingerprint density at radius 2 is 1.78 bits per heavy atom. The van der Waals surface area contributed by atoms with Crippen molar-refractivity contribution < 1.29 is 13.2 Å². The fourth-order valence-corrected chi connectivity index (χ4v) is 1.79. The van der Waals surface area contributed by atoms with Gasteiger partial charge in [0.15, 0.2) is 17.5 Å². The van der Waals surface area contributed by atoms with Gasteiger partial charge in [-0.3, -0.25) is 0 Å². The van der Waals surface area contributed by atoms with Crippen LogP contribution in [0.1, 0.15) is 24.2 Å². The number of nitrogens with two attached hydrogens (primary N) is 1. The lowest BCUT2D eigenvalue weighted by Crippen LogP contribution is -2.08. The molecule has 0 spiro atoms. The first-order valence-electron chi connectivity index (χ1n) is 5.37. The van der Waals surface area contributed by atoms with E-state index in [1.54, 1.807) is 13.8 Å². The summed E-state index contributed by atoms with van der Waals surface area (Å²) in [6.07, 6.45) is 1.49. The van der Waals surface area contributed by atoms with Crippen molar-refractivity contribution in [2.75, 3.05) is 0 Å². The molecule has 0 bridgehead atoms. The number of nitrogens with zero attached hydrogens (tertiary/aromatic N) is 2. The van der Waals surface area contributed by atoms with Gasteiger partial charge in [0.1, 0.15) is 5.69 Å². The smallest absolute Gasteiger partial charge is 0.161 e. The molecule has 0 aliphatic carbocycles. The van der Waals surface area contributed by atoms with Crippen LogP contribution in [0.15, 0.2) is 18.3 Å². The average Bonchev–Trinajstić information content (AvgIpc) is 2.66. The van der Waals surface area contributed by atoms with Gasteiger partial charge >= 0.3 is 0 Å². The van der Waals surface area contributed by atoms with Gasteiger partial charge < -0.3 is 5.73 Å². The number of aromatic nitrogens is 2. The summed E-state index contributed by atoms with van der Waals surface area (Å²) in [5, 5.41) is 3.95. The molecule has 0 fully saturated rings. The number of rotatable bonds is 2. The molecule has 1 unspecified atom stereocenters. The predicted molar refractivity (Wildman–Crippen MR) is 60.8 cm³/mol. The van der Waals surface area contributed by atoms with Gasteiger partial charge in [-0.15, -0.1) is 0 Å². The zero-order valence-electron chi connectivity index (χ0n) is 9.92. The molecular formula is C12H12F3N3. The zero-order chi connectivity index (χ0) is 13.4. The minimum atomic E-state index is -1.23. The van der Waals surface area contributed by atoms with Gasteiger partial charge in [0, 0.05) is 29.4 Å². The lowest BCUT2D eigenvalue weighted by atomic mass is 10.1. The number of hydrogen-bond donors (Lipinski definition) is 1. The summed E-state index contributed by atoms with van der Waals surface area (Å²) in [6, 6.07) is 1.000. The second-order valence-corrected chi connectivity index (χ2v) is 4.10. The molecule has 3 nitrogen and oxygen atoms in total. The monoisotopic (exact) mass is 255 g/mol. The first-order chi connectivity index (χ1) is 8.41. The summed E-state index contributed by atoms with van der Waals surface area (Å²) < 4.78 is 40.8. The van der Waals surface area contributed by atoms with Crippen molar-refractivity contribution in [3.63, 3.8) is 0 Å². The van der Waals surface area contributed by atoms with Gasteiger partial charge in [-0.1, -0.05) is 0 Å². The summed E-state index contributed by atoms with van der Waals surface area (Å²) in [5.41, 5.74) is 6.89. The molecular weight excluding hydrogens is 243 g/mol. The Bertz CT molecular complexity index is 590. The predicted octanol–water partition coefficient (Wildman–Crippen LogP) is 2.62. The van der Waals surface area contributed by atoms with E-state index in [1.807, 2.05) is 0 Å². The topological polar surface area (TPSA) is 43.8 Å². The molecule has 0 aliphatic rings. The molecule has 2 N–H and O–H groups in total. The highest BCUT2D eigenvalue weighted by Crippen LogP contribution is 2.22. The first kappa shape index (κ1) is 12.6. The van der Waals surface area contributed by atoms with E-state index in [4.69, 9.17) is 5.73 Å². The van der Waals surface area contributed by atoms with Crippen LogP contribution in [0.3, 0.4) is 0 Å². The van der Waals surface area contributed by atoms with E-state index in [0.717, 1.165) is 11.6 Å². The highest BCUT2D eigenvalue weighted by atomic mass is 19.2. The molecule has 0 radical (unpaired) electrons. The molecule has 18 heavy (non-hydrogen) atoms. The van der Waals surface area contributed by atoms with Crippen LogP contribution in [-0.2, 0) is 0 Å². The van der Waals surface area contributed by atoms with E-state index in [9.17, 15) is 13.2 Å². The molecule has 2 aromatic rings. The van der Waals surface area contributed by atoms with E-state index in [2.05, 4.69) is 5.10 Å². The molecule has 0 saturated carbocycles. The molecule has 1 atom stereocenters. The van der Waals surface area contributed by atoms with E-state index in [-0.39, 0.29) is 11.7 Å². The Balaban J connectivity index is 2.59. The van der Waals surface area contributed by atoms with Crippen molar-refractivity contribution in [2.24, 2.45) is 5.73 Å². The average molecular weight is 255 g/mol. The summed E-state index contributed by atoms with van der Waals surface area (Å²) >= 11 is 0. The molecule has 6 heteroatoms. The van der Waals surface area contributed by atoms with Crippen LogP contribution in [0.25, 0.3) is 5.69 Å². The lowest BCUT2D eigenvalue weighted by molar-refractivity contribution is 0.491. The highest BCUT2D eigenvalue weighted by molar-refractivity contribution is 5.37. The Kier molecular flexibility index (Phi) is 3.13. The van der Waals surface area contributed by atoms with E-state index in [0.29, 0.717) is 11.8 Å². The Morgan fingerprint density at radius 1 is 1.17 bits per heavy atom. The first-order valence-corrected chi connectivity index (χ1v) is 5.37. The second kappa shape index (κ2) is 4.45. The molecule has 0 amide bonds. The Labute approximate surface area is 102 Å². The van der Waals surface area contributed by atoms with Crippen molar-refractivity contribution in [3.8, 4) is 5.69 Å². The van der Waals surface area contributed by atoms with Crippen LogP contribution in [-0.4, -0.2) is 9.78 Å². The minimum Gasteiger partial charge on any atom is -0.324 e. The fraction of sp³-hybridized carbons (Fsp3) is 0.250. The zero-order valence-corrected chi connectivity index (χ0v) is 9.92. The third-order valence-corrected chi connectivity index (χ3v) is 2.76. The number of halogens is 3. The summed E-state index contributed by atoms with van der Waals surface area (Å²) in [5.74, 6) is -3.23. The van der Waals surface area contributed by atoms with E-state index in [1.165, 1.54) is 10.9 Å². The van der Waals surface area contributed by atoms with Crippen LogP contribution >= 0.6 is 0 Å². The third-order valence-electron chi connectivity index (χ3n) is 2.76. The standard InChI is InChI=1S/C12H12F3N3/c1-6(16)8-5-17-18(7(8)2)12-4-10(14)9(13)3-11(12)15/h3-6H,16H2,1-2H3. The van der Waals surface area contributed by atoms with E-state index >= 15 is 0 Å². The summed E-state index contributed by atoms with van der Waals surface area (Å²) in [7, 11) is 0. The van der Waals surface area contributed by atoms with Crippen molar-refractivity contribution in [1.29, 1.82) is 0 Å².